The third kappa shape index (κ3) is 6.18. The highest BCUT2D eigenvalue weighted by atomic mass is 16.5. The largest absolute Gasteiger partial charge is 0.490 e. The van der Waals surface area contributed by atoms with Gasteiger partial charge < -0.3 is 19.9 Å². The quantitative estimate of drug-likeness (QED) is 0.695. The summed E-state index contributed by atoms with van der Waals surface area (Å²) < 4.78 is 11.5. The number of benzene rings is 2. The smallest absolute Gasteiger partial charge is 0.352 e. The fraction of sp³-hybridized carbons (Fsp3) is 0.238. The van der Waals surface area contributed by atoms with Crippen molar-refractivity contribution in [3.8, 4) is 11.5 Å². The third-order valence-corrected chi connectivity index (χ3v) is 3.60. The number of aliphatic carboxylic acids is 1. The maximum Gasteiger partial charge on any atom is 0.352 e. The van der Waals surface area contributed by atoms with Gasteiger partial charge in [0.25, 0.3) is 0 Å². The highest BCUT2D eigenvalue weighted by Gasteiger charge is 2.11. The van der Waals surface area contributed by atoms with Crippen LogP contribution in [0, 0.1) is 6.92 Å². The van der Waals surface area contributed by atoms with Gasteiger partial charge in [-0.2, -0.15) is 0 Å². The molecule has 0 aliphatic rings. The number of rotatable bonds is 8. The van der Waals surface area contributed by atoms with Crippen LogP contribution in [0.3, 0.4) is 0 Å². The van der Waals surface area contributed by atoms with Crippen molar-refractivity contribution in [1.29, 1.82) is 0 Å². The molecule has 0 fully saturated rings. The summed E-state index contributed by atoms with van der Waals surface area (Å²) in [6.45, 7) is 5.96. The number of carbonyl (C=O) groups is 2. The highest BCUT2D eigenvalue weighted by molar-refractivity contribution is 5.96. The third-order valence-electron chi connectivity index (χ3n) is 3.60. The van der Waals surface area contributed by atoms with Crippen molar-refractivity contribution < 1.29 is 24.2 Å². The first-order chi connectivity index (χ1) is 12.9. The number of carboxylic acid groups (broad SMARTS) is 1. The van der Waals surface area contributed by atoms with Gasteiger partial charge in [-0.05, 0) is 43.2 Å². The van der Waals surface area contributed by atoms with Crippen LogP contribution in [0.1, 0.15) is 30.5 Å². The number of aryl methyl sites for hydroxylation is 1. The molecule has 0 saturated carbocycles. The number of nitrogens with one attached hydrogen (secondary N) is 1. The molecule has 2 aromatic carbocycles. The summed E-state index contributed by atoms with van der Waals surface area (Å²) in [5, 5.41) is 11.5. The minimum absolute atomic E-state index is 0.210. The normalized spacial score (nSPS) is 11.0. The molecule has 142 valence electrons. The lowest BCUT2D eigenvalue weighted by atomic mass is 10.1. The molecule has 0 atom stereocenters. The van der Waals surface area contributed by atoms with Gasteiger partial charge in [0.05, 0.1) is 6.61 Å². The van der Waals surface area contributed by atoms with E-state index in [-0.39, 0.29) is 5.70 Å². The van der Waals surface area contributed by atoms with E-state index < -0.39 is 11.9 Å². The Morgan fingerprint density at radius 1 is 1.11 bits per heavy atom. The minimum Gasteiger partial charge on any atom is -0.490 e. The summed E-state index contributed by atoms with van der Waals surface area (Å²) in [4.78, 5) is 22.4. The average molecular weight is 369 g/mol. The van der Waals surface area contributed by atoms with E-state index in [9.17, 15) is 14.7 Å². The molecule has 0 heterocycles. The van der Waals surface area contributed by atoms with Gasteiger partial charge >= 0.3 is 5.97 Å². The number of hydrogen-bond donors (Lipinski definition) is 2. The average Bonchev–Trinajstić information content (AvgIpc) is 2.60. The van der Waals surface area contributed by atoms with Crippen molar-refractivity contribution in [1.82, 2.24) is 5.32 Å². The van der Waals surface area contributed by atoms with E-state index in [0.29, 0.717) is 30.3 Å². The molecular weight excluding hydrogens is 346 g/mol. The van der Waals surface area contributed by atoms with Gasteiger partial charge in [0.2, 0.25) is 5.91 Å². The fourth-order valence-electron chi connectivity index (χ4n) is 2.47. The molecule has 1 amide bonds. The molecule has 0 aliphatic heterocycles. The van der Waals surface area contributed by atoms with E-state index in [1.165, 1.54) is 13.0 Å². The van der Waals surface area contributed by atoms with Crippen molar-refractivity contribution in [2.24, 2.45) is 0 Å². The number of carboxylic acids is 1. The molecule has 0 aromatic heterocycles. The van der Waals surface area contributed by atoms with Crippen LogP contribution in [-0.2, 0) is 16.2 Å². The van der Waals surface area contributed by atoms with Crippen molar-refractivity contribution in [2.75, 3.05) is 6.61 Å². The van der Waals surface area contributed by atoms with Gasteiger partial charge in [-0.25, -0.2) is 4.79 Å². The van der Waals surface area contributed by atoms with Crippen molar-refractivity contribution in [3.05, 3.63) is 64.9 Å². The zero-order chi connectivity index (χ0) is 19.8. The lowest BCUT2D eigenvalue weighted by molar-refractivity contribution is -0.134. The molecular formula is C21H23NO5. The van der Waals surface area contributed by atoms with Crippen LogP contribution in [0.4, 0.5) is 0 Å². The first kappa shape index (κ1) is 20.0. The van der Waals surface area contributed by atoms with E-state index in [4.69, 9.17) is 9.47 Å². The second kappa shape index (κ2) is 9.43. The van der Waals surface area contributed by atoms with Gasteiger partial charge in [-0.1, -0.05) is 35.9 Å². The van der Waals surface area contributed by atoms with Crippen molar-refractivity contribution in [2.45, 2.75) is 27.4 Å². The number of ether oxygens (including phenoxy) is 2. The van der Waals surface area contributed by atoms with Crippen LogP contribution in [0.15, 0.2) is 48.2 Å². The Labute approximate surface area is 158 Å². The molecule has 6 heteroatoms. The Morgan fingerprint density at radius 2 is 1.89 bits per heavy atom. The topological polar surface area (TPSA) is 84.9 Å². The summed E-state index contributed by atoms with van der Waals surface area (Å²) in [5.41, 5.74) is 2.56. The standard InChI is InChI=1S/C21H23NO5/c1-4-26-20-12-16(11-18(21(24)25)22-15(3)23)8-9-19(20)27-13-17-7-5-6-14(2)10-17/h5-12H,4,13H2,1-3H3,(H,22,23)(H,24,25)/b18-11+. The minimum atomic E-state index is -1.22. The van der Waals surface area contributed by atoms with E-state index in [2.05, 4.69) is 5.32 Å². The molecule has 0 radical (unpaired) electrons. The first-order valence-corrected chi connectivity index (χ1v) is 8.56. The maximum atomic E-state index is 11.3. The van der Waals surface area contributed by atoms with Crippen LogP contribution >= 0.6 is 0 Å². The first-order valence-electron chi connectivity index (χ1n) is 8.56. The summed E-state index contributed by atoms with van der Waals surface area (Å²) in [6, 6.07) is 13.1. The Morgan fingerprint density at radius 3 is 2.52 bits per heavy atom. The summed E-state index contributed by atoms with van der Waals surface area (Å²) in [7, 11) is 0. The molecule has 0 spiro atoms. The SMILES string of the molecule is CCOc1cc(/C=C(/NC(C)=O)C(=O)O)ccc1OCc1cccc(C)c1. The zero-order valence-electron chi connectivity index (χ0n) is 15.6. The van der Waals surface area contributed by atoms with Crippen LogP contribution in [0.2, 0.25) is 0 Å². The monoisotopic (exact) mass is 369 g/mol. The summed E-state index contributed by atoms with van der Waals surface area (Å²) >= 11 is 0. The lowest BCUT2D eigenvalue weighted by Gasteiger charge is -2.13. The van der Waals surface area contributed by atoms with Crippen molar-refractivity contribution in [3.63, 3.8) is 0 Å². The Bertz CT molecular complexity index is 857. The Balaban J connectivity index is 2.24. The van der Waals surface area contributed by atoms with Crippen LogP contribution < -0.4 is 14.8 Å². The summed E-state index contributed by atoms with van der Waals surface area (Å²) in [5.74, 6) is -0.604. The predicted molar refractivity (Wildman–Crippen MR) is 103 cm³/mol. The second-order valence-corrected chi connectivity index (χ2v) is 5.96. The van der Waals surface area contributed by atoms with Crippen LogP contribution in [0.5, 0.6) is 11.5 Å². The van der Waals surface area contributed by atoms with Gasteiger partial charge in [-0.15, -0.1) is 0 Å². The predicted octanol–water partition coefficient (Wildman–Crippen LogP) is 3.53. The number of amides is 1. The van der Waals surface area contributed by atoms with Gasteiger partial charge in [0, 0.05) is 6.92 Å². The molecule has 2 aromatic rings. The van der Waals surface area contributed by atoms with Crippen LogP contribution in [0.25, 0.3) is 6.08 Å². The number of carbonyl (C=O) groups excluding carboxylic acids is 1. The van der Waals surface area contributed by atoms with E-state index in [1.54, 1.807) is 18.2 Å². The van der Waals surface area contributed by atoms with Gasteiger partial charge in [0.1, 0.15) is 12.3 Å². The molecule has 0 unspecified atom stereocenters. The highest BCUT2D eigenvalue weighted by Crippen LogP contribution is 2.30. The molecule has 0 aliphatic carbocycles. The molecule has 27 heavy (non-hydrogen) atoms. The Kier molecular flexibility index (Phi) is 7.00. The van der Waals surface area contributed by atoms with E-state index >= 15 is 0 Å². The molecule has 0 bridgehead atoms. The van der Waals surface area contributed by atoms with Gasteiger partial charge in [0.15, 0.2) is 11.5 Å². The maximum absolute atomic E-state index is 11.3. The van der Waals surface area contributed by atoms with Crippen LogP contribution in [-0.4, -0.2) is 23.6 Å². The molecule has 6 nitrogen and oxygen atoms in total. The zero-order valence-corrected chi connectivity index (χ0v) is 15.6. The Hall–Kier alpha value is -3.28. The number of hydrogen-bond acceptors (Lipinski definition) is 4. The molecule has 0 saturated heterocycles. The molecule has 2 N–H and O–H groups in total. The fourth-order valence-corrected chi connectivity index (χ4v) is 2.47. The summed E-state index contributed by atoms with van der Waals surface area (Å²) in [6.07, 6.45) is 1.37. The molecule has 2 rings (SSSR count). The van der Waals surface area contributed by atoms with Crippen molar-refractivity contribution >= 4 is 18.0 Å². The second-order valence-electron chi connectivity index (χ2n) is 5.96. The van der Waals surface area contributed by atoms with E-state index in [1.807, 2.05) is 38.1 Å². The lowest BCUT2D eigenvalue weighted by Crippen LogP contribution is -2.24. The van der Waals surface area contributed by atoms with E-state index in [0.717, 1.165) is 11.1 Å². The van der Waals surface area contributed by atoms with Gasteiger partial charge in [-0.3, -0.25) is 4.79 Å².